The van der Waals surface area contributed by atoms with Crippen molar-refractivity contribution in [2.24, 2.45) is 0 Å². The summed E-state index contributed by atoms with van der Waals surface area (Å²) in [6.45, 7) is -0.0151. The first kappa shape index (κ1) is 12.6. The first-order valence-corrected chi connectivity index (χ1v) is 6.84. The van der Waals surface area contributed by atoms with E-state index in [0.717, 1.165) is 4.88 Å². The topological polar surface area (TPSA) is 80.3 Å². The van der Waals surface area contributed by atoms with Crippen molar-refractivity contribution in [2.75, 3.05) is 17.2 Å². The molecular weight excluding hydrogens is 278 g/mol. The van der Waals surface area contributed by atoms with Crippen molar-refractivity contribution in [1.29, 1.82) is 0 Å². The van der Waals surface area contributed by atoms with Gasteiger partial charge in [0, 0.05) is 4.88 Å². The van der Waals surface area contributed by atoms with Crippen molar-refractivity contribution in [3.05, 3.63) is 34.5 Å². The molecule has 2 aromatic heterocycles. The molecule has 0 aromatic carbocycles. The van der Waals surface area contributed by atoms with Crippen LogP contribution in [0.2, 0.25) is 0 Å². The number of aromatic nitrogens is 1. The van der Waals surface area contributed by atoms with Crippen LogP contribution in [0.3, 0.4) is 0 Å². The maximum absolute atomic E-state index is 11.8. The summed E-state index contributed by atoms with van der Waals surface area (Å²) in [5.41, 5.74) is 0. The molecule has 3 heterocycles. The lowest BCUT2D eigenvalue weighted by atomic mass is 10.3. The van der Waals surface area contributed by atoms with Crippen molar-refractivity contribution in [1.82, 2.24) is 4.98 Å². The van der Waals surface area contributed by atoms with Crippen LogP contribution in [0.1, 0.15) is 4.88 Å². The Kier molecular flexibility index (Phi) is 3.34. The number of hydrogen-bond acceptors (Lipinski definition) is 5. The zero-order valence-corrected chi connectivity index (χ0v) is 11.2. The quantitative estimate of drug-likeness (QED) is 0.900. The van der Waals surface area contributed by atoms with Crippen LogP contribution in [0.25, 0.3) is 0 Å². The van der Waals surface area contributed by atoms with E-state index in [2.05, 4.69) is 15.6 Å². The molecule has 2 aromatic rings. The molecule has 0 unspecified atom stereocenters. The second kappa shape index (κ2) is 5.30. The van der Waals surface area contributed by atoms with E-state index in [9.17, 15) is 9.59 Å². The first-order chi connectivity index (χ1) is 9.70. The molecule has 0 fully saturated rings. The second-order valence-corrected chi connectivity index (χ2v) is 5.22. The molecule has 0 atom stereocenters. The molecule has 6 nitrogen and oxygen atoms in total. The monoisotopic (exact) mass is 289 g/mol. The summed E-state index contributed by atoms with van der Waals surface area (Å²) in [7, 11) is 0. The smallest absolute Gasteiger partial charge is 0.263 e. The molecule has 1 aliphatic rings. The molecule has 7 heteroatoms. The molecule has 0 saturated carbocycles. The van der Waals surface area contributed by atoms with Gasteiger partial charge in [-0.2, -0.15) is 0 Å². The first-order valence-electron chi connectivity index (χ1n) is 5.96. The minimum absolute atomic E-state index is 0.0151. The van der Waals surface area contributed by atoms with E-state index in [0.29, 0.717) is 23.8 Å². The molecule has 3 rings (SSSR count). The average Bonchev–Trinajstić information content (AvgIpc) is 2.91. The van der Waals surface area contributed by atoms with Gasteiger partial charge in [0.1, 0.15) is 5.82 Å². The van der Waals surface area contributed by atoms with E-state index in [1.807, 2.05) is 17.5 Å². The Morgan fingerprint density at radius 2 is 2.35 bits per heavy atom. The summed E-state index contributed by atoms with van der Waals surface area (Å²) < 4.78 is 5.20. The van der Waals surface area contributed by atoms with Gasteiger partial charge in [0.2, 0.25) is 5.91 Å². The summed E-state index contributed by atoms with van der Waals surface area (Å²) in [4.78, 5) is 28.2. The molecule has 2 amide bonds. The van der Waals surface area contributed by atoms with Gasteiger partial charge < -0.3 is 15.4 Å². The van der Waals surface area contributed by atoms with Crippen molar-refractivity contribution >= 4 is 34.8 Å². The minimum atomic E-state index is -0.257. The zero-order valence-electron chi connectivity index (χ0n) is 10.4. The van der Waals surface area contributed by atoms with Crippen LogP contribution in [0.5, 0.6) is 5.75 Å². The van der Waals surface area contributed by atoms with Crippen LogP contribution in [-0.4, -0.2) is 23.4 Å². The molecule has 0 saturated heterocycles. The average molecular weight is 289 g/mol. The Bertz CT molecular complexity index is 655. The van der Waals surface area contributed by atoms with Crippen LogP contribution in [0.15, 0.2) is 29.6 Å². The van der Waals surface area contributed by atoms with E-state index >= 15 is 0 Å². The summed E-state index contributed by atoms with van der Waals surface area (Å²) in [5.74, 6) is 0.808. The van der Waals surface area contributed by atoms with Crippen molar-refractivity contribution in [3.8, 4) is 5.75 Å². The number of nitrogens with zero attached hydrogens (tertiary/aromatic N) is 1. The minimum Gasteiger partial charge on any atom is -0.480 e. The molecule has 0 radical (unpaired) electrons. The lowest BCUT2D eigenvalue weighted by molar-refractivity contribution is -0.118. The molecule has 0 spiro atoms. The maximum atomic E-state index is 11.8. The summed E-state index contributed by atoms with van der Waals surface area (Å²) >= 11 is 1.53. The molecule has 0 bridgehead atoms. The Labute approximate surface area is 118 Å². The molecule has 1 aliphatic heterocycles. The Hall–Kier alpha value is -2.41. The fourth-order valence-corrected chi connectivity index (χ4v) is 2.50. The summed E-state index contributed by atoms with van der Waals surface area (Å²) in [6, 6.07) is 7.11. The third kappa shape index (κ3) is 2.77. The number of fused-ring (bicyclic) bond motifs is 1. The largest absolute Gasteiger partial charge is 0.480 e. The number of hydrogen-bond donors (Lipinski definition) is 2. The molecule has 0 aliphatic carbocycles. The van der Waals surface area contributed by atoms with Crippen molar-refractivity contribution in [3.63, 3.8) is 0 Å². The summed E-state index contributed by atoms with van der Waals surface area (Å²) in [5, 5.41) is 7.21. The number of thiophene rings is 1. The van der Waals surface area contributed by atoms with Gasteiger partial charge in [0.15, 0.2) is 18.2 Å². The van der Waals surface area contributed by atoms with E-state index in [1.165, 1.54) is 11.3 Å². The molecular formula is C13H11N3O3S. The molecule has 102 valence electrons. The molecule has 20 heavy (non-hydrogen) atoms. The van der Waals surface area contributed by atoms with Crippen molar-refractivity contribution in [2.45, 2.75) is 6.42 Å². The van der Waals surface area contributed by atoms with Gasteiger partial charge >= 0.3 is 0 Å². The Balaban J connectivity index is 1.70. The van der Waals surface area contributed by atoms with Gasteiger partial charge in [-0.3, -0.25) is 9.59 Å². The number of pyridine rings is 1. The van der Waals surface area contributed by atoms with Crippen LogP contribution < -0.4 is 15.4 Å². The lowest BCUT2D eigenvalue weighted by Gasteiger charge is -2.17. The van der Waals surface area contributed by atoms with Gasteiger partial charge in [-0.1, -0.05) is 6.07 Å². The fraction of sp³-hybridized carbons (Fsp3) is 0.154. The van der Waals surface area contributed by atoms with E-state index < -0.39 is 0 Å². The Morgan fingerprint density at radius 1 is 1.45 bits per heavy atom. The molecule has 2 N–H and O–H groups in total. The number of amides is 2. The number of anilines is 2. The maximum Gasteiger partial charge on any atom is 0.263 e. The van der Waals surface area contributed by atoms with Crippen LogP contribution >= 0.6 is 11.3 Å². The second-order valence-electron chi connectivity index (χ2n) is 4.18. The lowest BCUT2D eigenvalue weighted by Crippen LogP contribution is -2.26. The Morgan fingerprint density at radius 3 is 3.15 bits per heavy atom. The third-order valence-corrected chi connectivity index (χ3v) is 3.53. The van der Waals surface area contributed by atoms with Crippen LogP contribution in [0, 0.1) is 0 Å². The van der Waals surface area contributed by atoms with E-state index in [1.54, 1.807) is 12.1 Å². The van der Waals surface area contributed by atoms with Crippen LogP contribution in [0.4, 0.5) is 11.6 Å². The standard InChI is InChI=1S/C13H11N3O3S/c17-11(6-8-2-1-5-20-8)14-10-4-3-9-13(15-10)16-12(18)7-19-9/h1-5H,6-7H2,(H2,14,15,16,17,18). The van der Waals surface area contributed by atoms with E-state index in [-0.39, 0.29) is 18.4 Å². The van der Waals surface area contributed by atoms with Crippen LogP contribution in [-0.2, 0) is 16.0 Å². The SMILES string of the molecule is O=C(Cc1cccs1)Nc1ccc2c(n1)NC(=O)CO2. The number of rotatable bonds is 3. The number of carbonyl (C=O) groups is 2. The number of carbonyl (C=O) groups excluding carboxylic acids is 2. The van der Waals surface area contributed by atoms with Gasteiger partial charge in [-0.25, -0.2) is 4.98 Å². The van der Waals surface area contributed by atoms with Gasteiger partial charge in [-0.05, 0) is 23.6 Å². The highest BCUT2D eigenvalue weighted by molar-refractivity contribution is 7.10. The normalized spacial score (nSPS) is 13.1. The highest BCUT2D eigenvalue weighted by Crippen LogP contribution is 2.26. The summed E-state index contributed by atoms with van der Waals surface area (Å²) in [6.07, 6.45) is 0.305. The van der Waals surface area contributed by atoms with Crippen molar-refractivity contribution < 1.29 is 14.3 Å². The number of ether oxygens (including phenoxy) is 1. The van der Waals surface area contributed by atoms with Gasteiger partial charge in [0.05, 0.1) is 6.42 Å². The zero-order chi connectivity index (χ0) is 13.9. The predicted octanol–water partition coefficient (Wildman–Crippen LogP) is 1.66. The third-order valence-electron chi connectivity index (χ3n) is 2.66. The van der Waals surface area contributed by atoms with Gasteiger partial charge in [-0.15, -0.1) is 11.3 Å². The highest BCUT2D eigenvalue weighted by atomic mass is 32.1. The van der Waals surface area contributed by atoms with Gasteiger partial charge in [0.25, 0.3) is 5.91 Å². The van der Waals surface area contributed by atoms with E-state index in [4.69, 9.17) is 4.74 Å². The highest BCUT2D eigenvalue weighted by Gasteiger charge is 2.18. The predicted molar refractivity (Wildman–Crippen MR) is 75.0 cm³/mol. The fourth-order valence-electron chi connectivity index (χ4n) is 1.79. The number of nitrogens with one attached hydrogen (secondary N) is 2.